The van der Waals surface area contributed by atoms with Gasteiger partial charge in [0.05, 0.1) is 26.8 Å². The molecule has 0 aliphatic carbocycles. The van der Waals surface area contributed by atoms with Crippen molar-refractivity contribution in [3.8, 4) is 11.5 Å². The summed E-state index contributed by atoms with van der Waals surface area (Å²) in [4.78, 5) is 28.5. The number of hydrogen-bond acceptors (Lipinski definition) is 6. The van der Waals surface area contributed by atoms with Crippen LogP contribution in [0.15, 0.2) is 42.5 Å². The molecule has 2 aromatic carbocycles. The van der Waals surface area contributed by atoms with Crippen LogP contribution in [0.2, 0.25) is 0 Å². The predicted molar refractivity (Wildman–Crippen MR) is 121 cm³/mol. The zero-order valence-electron chi connectivity index (χ0n) is 18.7. The lowest BCUT2D eigenvalue weighted by Crippen LogP contribution is -2.49. The van der Waals surface area contributed by atoms with Gasteiger partial charge in [-0.1, -0.05) is 0 Å². The summed E-state index contributed by atoms with van der Waals surface area (Å²) in [6.45, 7) is 7.16. The Balaban J connectivity index is 1.51. The highest BCUT2D eigenvalue weighted by Crippen LogP contribution is 2.29. The Hall–Kier alpha value is -3.06. The number of Topliss-reactive ketones (excluding diaryl/α,β-unsaturated/α-hetero) is 1. The first kappa shape index (κ1) is 22.6. The third kappa shape index (κ3) is 5.76. The second-order valence-electron chi connectivity index (χ2n) is 7.76. The van der Waals surface area contributed by atoms with E-state index in [1.165, 1.54) is 0 Å². The third-order valence-corrected chi connectivity index (χ3v) is 5.66. The molecule has 1 aliphatic heterocycles. The fourth-order valence-corrected chi connectivity index (χ4v) is 3.82. The maximum Gasteiger partial charge on any atom is 0.234 e. The van der Waals surface area contributed by atoms with Crippen molar-refractivity contribution >= 4 is 17.4 Å². The van der Waals surface area contributed by atoms with Crippen LogP contribution in [-0.4, -0.2) is 63.5 Å². The second kappa shape index (κ2) is 10.3. The first-order valence-electron chi connectivity index (χ1n) is 10.5. The minimum absolute atomic E-state index is 0.0170. The molecule has 1 N–H and O–H groups in total. The van der Waals surface area contributed by atoms with Crippen molar-refractivity contribution in [3.05, 3.63) is 53.6 Å². The van der Waals surface area contributed by atoms with E-state index in [9.17, 15) is 9.59 Å². The van der Waals surface area contributed by atoms with Crippen molar-refractivity contribution in [3.63, 3.8) is 0 Å². The topological polar surface area (TPSA) is 71.1 Å². The summed E-state index contributed by atoms with van der Waals surface area (Å²) in [6.07, 6.45) is 0. The van der Waals surface area contributed by atoms with E-state index in [2.05, 4.69) is 15.1 Å². The Bertz CT molecular complexity index is 906. The average molecular weight is 426 g/mol. The minimum atomic E-state index is -0.196. The van der Waals surface area contributed by atoms with E-state index in [0.717, 1.165) is 54.5 Å². The molecule has 1 heterocycles. The number of methoxy groups -OCH3 is 2. The molecule has 3 rings (SSSR count). The summed E-state index contributed by atoms with van der Waals surface area (Å²) >= 11 is 0. The monoisotopic (exact) mass is 425 g/mol. The van der Waals surface area contributed by atoms with Gasteiger partial charge in [0.2, 0.25) is 5.91 Å². The zero-order valence-corrected chi connectivity index (χ0v) is 18.7. The fourth-order valence-electron chi connectivity index (χ4n) is 3.82. The van der Waals surface area contributed by atoms with Gasteiger partial charge in [-0.25, -0.2) is 0 Å². The van der Waals surface area contributed by atoms with Crippen LogP contribution in [0.3, 0.4) is 0 Å². The van der Waals surface area contributed by atoms with E-state index >= 15 is 0 Å². The Morgan fingerprint density at radius 3 is 2.26 bits per heavy atom. The highest BCUT2D eigenvalue weighted by molar-refractivity contribution is 5.94. The number of nitrogens with one attached hydrogen (secondary N) is 1. The first-order valence-corrected chi connectivity index (χ1v) is 10.5. The standard InChI is InChI=1S/C24H31N3O4/c1-17(22-15-21(30-3)9-10-23(22)31-4)25-24(29)16-26-11-13-27(14-12-26)20-7-5-19(6-8-20)18(2)28/h5-10,15,17H,11-14,16H2,1-4H3,(H,25,29)/t17-/m1/s1. The van der Waals surface area contributed by atoms with Gasteiger partial charge in [0.1, 0.15) is 11.5 Å². The van der Waals surface area contributed by atoms with Gasteiger partial charge >= 0.3 is 0 Å². The Morgan fingerprint density at radius 1 is 1.00 bits per heavy atom. The Labute approximate surface area is 183 Å². The van der Waals surface area contributed by atoms with Crippen molar-refractivity contribution in [2.24, 2.45) is 0 Å². The van der Waals surface area contributed by atoms with Crippen molar-refractivity contribution in [2.75, 3.05) is 51.8 Å². The number of piperazine rings is 1. The van der Waals surface area contributed by atoms with Crippen molar-refractivity contribution in [1.82, 2.24) is 10.2 Å². The van der Waals surface area contributed by atoms with Gasteiger partial charge in [-0.15, -0.1) is 0 Å². The van der Waals surface area contributed by atoms with Crippen LogP contribution in [-0.2, 0) is 4.79 Å². The smallest absolute Gasteiger partial charge is 0.234 e. The second-order valence-corrected chi connectivity index (χ2v) is 7.76. The van der Waals surface area contributed by atoms with Crippen LogP contribution in [0.4, 0.5) is 5.69 Å². The van der Waals surface area contributed by atoms with Crippen LogP contribution < -0.4 is 19.7 Å². The first-order chi connectivity index (χ1) is 14.9. The molecule has 1 amide bonds. The molecular formula is C24H31N3O4. The predicted octanol–water partition coefficient (Wildman–Crippen LogP) is 2.91. The number of carbonyl (C=O) groups is 2. The van der Waals surface area contributed by atoms with E-state index in [0.29, 0.717) is 6.54 Å². The average Bonchev–Trinajstić information content (AvgIpc) is 2.79. The highest BCUT2D eigenvalue weighted by atomic mass is 16.5. The molecule has 0 unspecified atom stereocenters. The molecule has 166 valence electrons. The van der Waals surface area contributed by atoms with Gasteiger partial charge in [-0.2, -0.15) is 0 Å². The number of amides is 1. The number of anilines is 1. The number of nitrogens with zero attached hydrogens (tertiary/aromatic N) is 2. The molecule has 0 spiro atoms. The maximum atomic E-state index is 12.6. The molecule has 0 aromatic heterocycles. The van der Waals surface area contributed by atoms with Crippen LogP contribution in [0.5, 0.6) is 11.5 Å². The van der Waals surface area contributed by atoms with Gasteiger partial charge in [0, 0.05) is 43.0 Å². The molecule has 1 saturated heterocycles. The third-order valence-electron chi connectivity index (χ3n) is 5.66. The number of rotatable bonds is 8. The highest BCUT2D eigenvalue weighted by Gasteiger charge is 2.21. The summed E-state index contributed by atoms with van der Waals surface area (Å²) in [5, 5.41) is 3.07. The summed E-state index contributed by atoms with van der Waals surface area (Å²) in [6, 6.07) is 13.1. The van der Waals surface area contributed by atoms with E-state index < -0.39 is 0 Å². The van der Waals surface area contributed by atoms with E-state index in [1.807, 2.05) is 49.4 Å². The van der Waals surface area contributed by atoms with Crippen molar-refractivity contribution in [2.45, 2.75) is 19.9 Å². The summed E-state index contributed by atoms with van der Waals surface area (Å²) in [5.74, 6) is 1.50. The SMILES string of the molecule is COc1ccc(OC)c([C@@H](C)NC(=O)CN2CCN(c3ccc(C(C)=O)cc3)CC2)c1. The fraction of sp³-hybridized carbons (Fsp3) is 0.417. The molecule has 7 nitrogen and oxygen atoms in total. The number of ether oxygens (including phenoxy) is 2. The van der Waals surface area contributed by atoms with Gasteiger partial charge in [0.25, 0.3) is 0 Å². The van der Waals surface area contributed by atoms with Gasteiger partial charge in [-0.3, -0.25) is 14.5 Å². The summed E-state index contributed by atoms with van der Waals surface area (Å²) in [7, 11) is 3.24. The molecule has 1 atom stereocenters. The lowest BCUT2D eigenvalue weighted by Gasteiger charge is -2.36. The van der Waals surface area contributed by atoms with Gasteiger partial charge in [-0.05, 0) is 56.3 Å². The van der Waals surface area contributed by atoms with Crippen LogP contribution in [0.25, 0.3) is 0 Å². The molecule has 0 radical (unpaired) electrons. The molecule has 7 heteroatoms. The number of benzene rings is 2. The summed E-state index contributed by atoms with van der Waals surface area (Å²) in [5.41, 5.74) is 2.71. The molecular weight excluding hydrogens is 394 g/mol. The Kier molecular flexibility index (Phi) is 7.52. The maximum absolute atomic E-state index is 12.6. The zero-order chi connectivity index (χ0) is 22.4. The lowest BCUT2D eigenvalue weighted by molar-refractivity contribution is -0.123. The number of ketones is 1. The quantitative estimate of drug-likeness (QED) is 0.656. The molecule has 2 aromatic rings. The Morgan fingerprint density at radius 2 is 1.68 bits per heavy atom. The van der Waals surface area contributed by atoms with E-state index in [-0.39, 0.29) is 17.7 Å². The normalized spacial score (nSPS) is 15.3. The summed E-state index contributed by atoms with van der Waals surface area (Å²) < 4.78 is 10.7. The largest absolute Gasteiger partial charge is 0.497 e. The van der Waals surface area contributed by atoms with Crippen LogP contribution >= 0.6 is 0 Å². The van der Waals surface area contributed by atoms with E-state index in [4.69, 9.17) is 9.47 Å². The lowest BCUT2D eigenvalue weighted by atomic mass is 10.1. The van der Waals surface area contributed by atoms with E-state index in [1.54, 1.807) is 21.1 Å². The molecule has 1 fully saturated rings. The van der Waals surface area contributed by atoms with Crippen LogP contribution in [0.1, 0.15) is 35.8 Å². The number of hydrogen-bond donors (Lipinski definition) is 1. The number of carbonyl (C=O) groups excluding carboxylic acids is 2. The van der Waals surface area contributed by atoms with Crippen LogP contribution in [0, 0.1) is 0 Å². The molecule has 1 aliphatic rings. The van der Waals surface area contributed by atoms with Crippen molar-refractivity contribution in [1.29, 1.82) is 0 Å². The van der Waals surface area contributed by atoms with Gasteiger partial charge in [0.15, 0.2) is 5.78 Å². The van der Waals surface area contributed by atoms with Gasteiger partial charge < -0.3 is 19.7 Å². The molecule has 31 heavy (non-hydrogen) atoms. The van der Waals surface area contributed by atoms with Crippen molar-refractivity contribution < 1.29 is 19.1 Å². The molecule has 0 saturated carbocycles. The minimum Gasteiger partial charge on any atom is -0.497 e. The molecule has 0 bridgehead atoms.